The van der Waals surface area contributed by atoms with Gasteiger partial charge in [-0.05, 0) is 55.7 Å². The summed E-state index contributed by atoms with van der Waals surface area (Å²) in [4.78, 5) is 37.1. The van der Waals surface area contributed by atoms with E-state index in [1.54, 1.807) is 57.2 Å². The zero-order chi connectivity index (χ0) is 22.1. The van der Waals surface area contributed by atoms with Crippen molar-refractivity contribution in [3.8, 4) is 11.1 Å². The Balaban J connectivity index is 1.84. The summed E-state index contributed by atoms with van der Waals surface area (Å²) in [7, 11) is 0. The van der Waals surface area contributed by atoms with E-state index in [1.165, 1.54) is 0 Å². The monoisotopic (exact) mass is 412 g/mol. The number of fused-ring (bicyclic) bond motifs is 1. The van der Waals surface area contributed by atoms with E-state index in [0.29, 0.717) is 16.8 Å². The van der Waals surface area contributed by atoms with Gasteiger partial charge in [-0.2, -0.15) is 0 Å². The lowest BCUT2D eigenvalue weighted by Crippen LogP contribution is -2.43. The van der Waals surface area contributed by atoms with Crippen LogP contribution in [0, 0.1) is 0 Å². The first-order chi connectivity index (χ1) is 14.1. The van der Waals surface area contributed by atoms with Crippen LogP contribution in [0.5, 0.6) is 0 Å². The van der Waals surface area contributed by atoms with Crippen LogP contribution in [0.2, 0.25) is 0 Å². The highest BCUT2D eigenvalue weighted by atomic mass is 16.6. The molecule has 0 spiro atoms. The number of amides is 2. The second-order valence-corrected chi connectivity index (χ2v) is 8.01. The van der Waals surface area contributed by atoms with Crippen molar-refractivity contribution in [3.05, 3.63) is 53.6 Å². The number of nitrogens with one attached hydrogen (secondary N) is 1. The number of aliphatic hydroxyl groups excluding tert-OH is 1. The van der Waals surface area contributed by atoms with Gasteiger partial charge in [0.1, 0.15) is 5.60 Å². The Labute approximate surface area is 174 Å². The van der Waals surface area contributed by atoms with Crippen molar-refractivity contribution in [2.45, 2.75) is 39.0 Å². The number of benzene rings is 2. The van der Waals surface area contributed by atoms with Crippen molar-refractivity contribution < 1.29 is 29.3 Å². The number of carbonyl (C=O) groups is 3. The average molecular weight is 412 g/mol. The molecule has 2 amide bonds. The maximum Gasteiger partial charge on any atom is 0.412 e. The fraction of sp³-hybridized carbons (Fsp3) is 0.318. The van der Waals surface area contributed by atoms with E-state index < -0.39 is 36.2 Å². The van der Waals surface area contributed by atoms with Gasteiger partial charge in [0.15, 0.2) is 6.04 Å². The molecule has 8 heteroatoms. The summed E-state index contributed by atoms with van der Waals surface area (Å²) in [5.41, 5.74) is 2.68. The predicted octanol–water partition coefficient (Wildman–Crippen LogP) is 3.10. The topological polar surface area (TPSA) is 116 Å². The van der Waals surface area contributed by atoms with E-state index in [-0.39, 0.29) is 6.54 Å². The standard InChI is InChI=1S/C22H24N2O6/c1-22(2,3)30-21(29)23-14-9-7-13(8-10-14)15-5-4-6-16-17(15)11-24(19(16)26)18(12-25)20(27)28/h4-10,18,25H,11-12H2,1-3H3,(H,23,29)(H,27,28)/t18-/m0/s1. The second-order valence-electron chi connectivity index (χ2n) is 8.01. The number of hydrogen-bond donors (Lipinski definition) is 3. The number of ether oxygens (including phenoxy) is 1. The lowest BCUT2D eigenvalue weighted by atomic mass is 9.97. The molecular weight excluding hydrogens is 388 g/mol. The van der Waals surface area contributed by atoms with Crippen molar-refractivity contribution >= 4 is 23.7 Å². The zero-order valence-corrected chi connectivity index (χ0v) is 17.0. The molecule has 2 aromatic rings. The number of rotatable bonds is 5. The summed E-state index contributed by atoms with van der Waals surface area (Å²) in [6, 6.07) is 11.0. The van der Waals surface area contributed by atoms with Crippen LogP contribution in [-0.2, 0) is 16.1 Å². The zero-order valence-electron chi connectivity index (χ0n) is 17.0. The Bertz CT molecular complexity index is 978. The van der Waals surface area contributed by atoms with Crippen LogP contribution in [0.25, 0.3) is 11.1 Å². The van der Waals surface area contributed by atoms with Gasteiger partial charge in [-0.15, -0.1) is 0 Å². The van der Waals surface area contributed by atoms with Crippen LogP contribution in [0.15, 0.2) is 42.5 Å². The third-order valence-electron chi connectivity index (χ3n) is 4.67. The molecule has 30 heavy (non-hydrogen) atoms. The molecule has 8 nitrogen and oxygen atoms in total. The molecule has 1 heterocycles. The summed E-state index contributed by atoms with van der Waals surface area (Å²) in [5.74, 6) is -1.67. The lowest BCUT2D eigenvalue weighted by Gasteiger charge is -2.22. The van der Waals surface area contributed by atoms with Crippen LogP contribution in [0.1, 0.15) is 36.7 Å². The Morgan fingerprint density at radius 2 is 1.77 bits per heavy atom. The molecule has 0 unspecified atom stereocenters. The summed E-state index contributed by atoms with van der Waals surface area (Å²) in [6.45, 7) is 4.78. The maximum absolute atomic E-state index is 12.7. The van der Waals surface area contributed by atoms with Crippen LogP contribution in [0.4, 0.5) is 10.5 Å². The second kappa shape index (κ2) is 8.16. The van der Waals surface area contributed by atoms with Crippen molar-refractivity contribution in [2.24, 2.45) is 0 Å². The van der Waals surface area contributed by atoms with E-state index >= 15 is 0 Å². The van der Waals surface area contributed by atoms with E-state index in [0.717, 1.165) is 16.0 Å². The van der Waals surface area contributed by atoms with Crippen molar-refractivity contribution in [2.75, 3.05) is 11.9 Å². The Morgan fingerprint density at radius 3 is 2.33 bits per heavy atom. The molecule has 0 bridgehead atoms. The van der Waals surface area contributed by atoms with Crippen LogP contribution in [-0.4, -0.2) is 51.3 Å². The normalized spacial score (nSPS) is 14.3. The Kier molecular flexibility index (Phi) is 5.80. The smallest absolute Gasteiger partial charge is 0.412 e. The third kappa shape index (κ3) is 4.44. The van der Waals surface area contributed by atoms with Gasteiger partial charge in [0, 0.05) is 17.8 Å². The minimum Gasteiger partial charge on any atom is -0.480 e. The molecule has 0 saturated heterocycles. The van der Waals surface area contributed by atoms with Crippen molar-refractivity contribution in [1.29, 1.82) is 0 Å². The van der Waals surface area contributed by atoms with Gasteiger partial charge in [-0.1, -0.05) is 24.3 Å². The highest BCUT2D eigenvalue weighted by molar-refractivity contribution is 6.02. The van der Waals surface area contributed by atoms with E-state index in [2.05, 4.69) is 5.32 Å². The number of anilines is 1. The van der Waals surface area contributed by atoms with Crippen LogP contribution >= 0.6 is 0 Å². The maximum atomic E-state index is 12.7. The largest absolute Gasteiger partial charge is 0.480 e. The van der Waals surface area contributed by atoms with Gasteiger partial charge in [0.25, 0.3) is 5.91 Å². The Hall–Kier alpha value is -3.39. The van der Waals surface area contributed by atoms with Crippen LogP contribution < -0.4 is 5.32 Å². The number of carboxylic acid groups (broad SMARTS) is 1. The van der Waals surface area contributed by atoms with Gasteiger partial charge in [-0.25, -0.2) is 9.59 Å². The average Bonchev–Trinajstić information content (AvgIpc) is 2.98. The molecular formula is C22H24N2O6. The predicted molar refractivity (Wildman–Crippen MR) is 110 cm³/mol. The quantitative estimate of drug-likeness (QED) is 0.695. The molecule has 3 rings (SSSR count). The molecule has 0 radical (unpaired) electrons. The van der Waals surface area contributed by atoms with E-state index in [9.17, 15) is 24.6 Å². The number of aliphatic carboxylic acids is 1. The summed E-state index contributed by atoms with van der Waals surface area (Å²) >= 11 is 0. The fourth-order valence-electron chi connectivity index (χ4n) is 3.34. The fourth-order valence-corrected chi connectivity index (χ4v) is 3.34. The minimum atomic E-state index is -1.29. The molecule has 0 aromatic heterocycles. The highest BCUT2D eigenvalue weighted by Crippen LogP contribution is 2.34. The molecule has 158 valence electrons. The lowest BCUT2D eigenvalue weighted by molar-refractivity contribution is -0.143. The molecule has 3 N–H and O–H groups in total. The van der Waals surface area contributed by atoms with E-state index in [4.69, 9.17) is 4.74 Å². The van der Waals surface area contributed by atoms with Gasteiger partial charge in [0.05, 0.1) is 6.61 Å². The minimum absolute atomic E-state index is 0.0970. The van der Waals surface area contributed by atoms with Crippen LogP contribution in [0.3, 0.4) is 0 Å². The van der Waals surface area contributed by atoms with E-state index in [1.807, 2.05) is 6.07 Å². The number of aliphatic hydroxyl groups is 1. The summed E-state index contributed by atoms with van der Waals surface area (Å²) < 4.78 is 5.23. The molecule has 2 aromatic carbocycles. The van der Waals surface area contributed by atoms with Crippen molar-refractivity contribution in [1.82, 2.24) is 4.90 Å². The molecule has 0 aliphatic carbocycles. The van der Waals surface area contributed by atoms with Gasteiger partial charge in [0.2, 0.25) is 0 Å². The molecule has 0 fully saturated rings. The number of carboxylic acids is 1. The number of carbonyl (C=O) groups excluding carboxylic acids is 2. The Morgan fingerprint density at radius 1 is 1.13 bits per heavy atom. The molecule has 0 saturated carbocycles. The first kappa shape index (κ1) is 21.3. The molecule has 1 aliphatic heterocycles. The third-order valence-corrected chi connectivity index (χ3v) is 4.67. The first-order valence-corrected chi connectivity index (χ1v) is 9.47. The number of nitrogens with zero attached hydrogens (tertiary/aromatic N) is 1. The van der Waals surface area contributed by atoms with Gasteiger partial charge in [-0.3, -0.25) is 10.1 Å². The van der Waals surface area contributed by atoms with Gasteiger partial charge < -0.3 is 19.8 Å². The SMILES string of the molecule is CC(C)(C)OC(=O)Nc1ccc(-c2cccc3c2CN([C@@H](CO)C(=O)O)C3=O)cc1. The molecule has 1 atom stereocenters. The first-order valence-electron chi connectivity index (χ1n) is 9.47. The highest BCUT2D eigenvalue weighted by Gasteiger charge is 2.37. The molecule has 1 aliphatic rings. The summed E-state index contributed by atoms with van der Waals surface area (Å²) in [5, 5.41) is 21.3. The van der Waals surface area contributed by atoms with Gasteiger partial charge >= 0.3 is 12.1 Å². The summed E-state index contributed by atoms with van der Waals surface area (Å²) in [6.07, 6.45) is -0.555. The van der Waals surface area contributed by atoms with Crippen molar-refractivity contribution in [3.63, 3.8) is 0 Å². The number of hydrogen-bond acceptors (Lipinski definition) is 5.